The van der Waals surface area contributed by atoms with Crippen molar-refractivity contribution in [1.82, 2.24) is 9.80 Å². The van der Waals surface area contributed by atoms with E-state index >= 15 is 0 Å². The minimum absolute atomic E-state index is 0.00521. The van der Waals surface area contributed by atoms with Gasteiger partial charge in [0, 0.05) is 87.3 Å². The number of carboxylic acid groups (broad SMARTS) is 1. The highest BCUT2D eigenvalue weighted by molar-refractivity contribution is 9.10. The number of likely N-dealkylation sites (tertiary alicyclic amines) is 2. The van der Waals surface area contributed by atoms with E-state index in [9.17, 15) is 34.2 Å². The number of carbonyl (C=O) groups is 5. The van der Waals surface area contributed by atoms with Crippen LogP contribution in [0.5, 0.6) is 0 Å². The number of carboxylic acids is 1. The van der Waals surface area contributed by atoms with Crippen LogP contribution < -0.4 is 5.73 Å². The van der Waals surface area contributed by atoms with Crippen LogP contribution in [0.15, 0.2) is 24.6 Å². The number of ether oxygens (including phenoxy) is 2. The molecule has 0 radical (unpaired) electrons. The number of hydrogen-bond acceptors (Lipinski definition) is 11. The lowest BCUT2D eigenvalue weighted by atomic mass is 9.69. The number of aliphatic hydroxyl groups excluding tert-OH is 1. The molecule has 10 fully saturated rings. The Morgan fingerprint density at radius 1 is 0.610 bits per heavy atom. The first-order chi connectivity index (χ1) is 38.4. The van der Waals surface area contributed by atoms with Gasteiger partial charge in [0.05, 0.1) is 37.0 Å². The van der Waals surface area contributed by atoms with Crippen molar-refractivity contribution in [1.29, 1.82) is 0 Å². The number of halogens is 7. The lowest BCUT2D eigenvalue weighted by Crippen LogP contribution is -2.57. The second-order valence-corrected chi connectivity index (χ2v) is 31.3. The van der Waals surface area contributed by atoms with E-state index in [-0.39, 0.29) is 50.5 Å². The average Bonchev–Trinajstić information content (AvgIpc) is 3.50. The van der Waals surface area contributed by atoms with Gasteiger partial charge in [0.2, 0.25) is 0 Å². The van der Waals surface area contributed by atoms with Crippen LogP contribution in [0.2, 0.25) is 0 Å². The molecule has 2 heterocycles. The van der Waals surface area contributed by atoms with Crippen molar-refractivity contribution in [3.8, 4) is 0 Å². The molecule has 9 atom stereocenters. The third-order valence-corrected chi connectivity index (χ3v) is 24.5. The Morgan fingerprint density at radius 2 is 1.06 bits per heavy atom. The molecule has 82 heavy (non-hydrogen) atoms. The highest BCUT2D eigenvalue weighted by atomic mass is 79.9. The summed E-state index contributed by atoms with van der Waals surface area (Å²) in [6.07, 6.45) is 22.2. The van der Waals surface area contributed by atoms with E-state index in [4.69, 9.17) is 22.1 Å². The Balaban J connectivity index is 0.000000254. The lowest BCUT2D eigenvalue weighted by Gasteiger charge is -2.49. The molecule has 0 aromatic carbocycles. The highest BCUT2D eigenvalue weighted by Gasteiger charge is 2.70. The first-order valence-corrected chi connectivity index (χ1v) is 37.5. The molecule has 4 N–H and O–H groups in total. The number of rotatable bonds is 15. The number of nitrogens with zero attached hydrogens (tertiary/aromatic N) is 2. The standard InChI is InChI=1S/C14H23NO.C14H21NO.C10H14O3.C9H15NO.C5H10Br2.C4H8Br2O.C4H8Br2.C3H5ClO2/c2*1-10-5-4-8-15(10)14-7-6-11(9-12(14)16)13(14,2)3;1-9(2)6-3-4-10(9,8(12)13)7(11)5-6;1-8(2)6-3-4-9(8,10)7(11)5-6;6-4-2-1-3-5-7;5-1-3-7-4-2-6;5-3-1-2-4-6;1-2-6-3(4)5/h11-12,16H,1,4-9H2,2-3H3;11H,1,4-9H2,2-3H3;6H,3-5H2,1-2H3,(H,12,13);6H,3-5,10H2,1-2H3;1-5H2;1-4H2;1-4H2;2H2,1H3. The molecule has 8 saturated carbocycles. The predicted molar refractivity (Wildman–Crippen MR) is 358 cm³/mol. The van der Waals surface area contributed by atoms with Gasteiger partial charge in [-0.25, -0.2) is 4.79 Å². The molecule has 10 aliphatic rings. The first kappa shape index (κ1) is 76.3. The number of allylic oxidation sites excluding steroid dienone is 2. The van der Waals surface area contributed by atoms with Crippen molar-refractivity contribution in [3.05, 3.63) is 24.6 Å². The normalized spacial score (nSPS) is 32.6. The fourth-order valence-electron chi connectivity index (χ4n) is 16.0. The number of nitrogens with two attached hydrogens (primary N) is 1. The van der Waals surface area contributed by atoms with Gasteiger partial charge in [-0.2, -0.15) is 0 Å². The fraction of sp³-hybridized carbons (Fsp3) is 0.857. The highest BCUT2D eigenvalue weighted by Crippen LogP contribution is 2.66. The lowest BCUT2D eigenvalue weighted by molar-refractivity contribution is -0.158. The molecule has 19 heteroatoms. The monoisotopic (exact) mass is 1560 g/mol. The molecule has 474 valence electrons. The summed E-state index contributed by atoms with van der Waals surface area (Å²) in [4.78, 5) is 61.1. The number of hydrogen-bond donors (Lipinski definition) is 3. The Kier molecular flexibility index (Phi) is 31.4. The molecule has 8 bridgehead atoms. The molecule has 2 aliphatic heterocycles. The Bertz CT molecular complexity index is 2110. The van der Waals surface area contributed by atoms with E-state index in [0.29, 0.717) is 48.8 Å². The van der Waals surface area contributed by atoms with Crippen LogP contribution in [-0.2, 0) is 28.7 Å². The molecule has 0 aromatic rings. The van der Waals surface area contributed by atoms with E-state index in [1.807, 2.05) is 13.8 Å². The maximum Gasteiger partial charge on any atom is 0.403 e. The summed E-state index contributed by atoms with van der Waals surface area (Å²) in [6, 6.07) is 0. The van der Waals surface area contributed by atoms with Gasteiger partial charge in [-0.05, 0) is 161 Å². The largest absolute Gasteiger partial charge is 0.480 e. The first-order valence-electron chi connectivity index (χ1n) is 30.4. The zero-order valence-corrected chi connectivity index (χ0v) is 61.6. The number of Topliss-reactive ketones (excluding diaryl/α,β-unsaturated/α-hetero) is 3. The van der Waals surface area contributed by atoms with E-state index in [0.717, 1.165) is 122 Å². The van der Waals surface area contributed by atoms with Crippen molar-refractivity contribution in [2.75, 3.05) is 64.9 Å². The molecule has 10 rings (SSSR count). The van der Waals surface area contributed by atoms with Crippen LogP contribution in [0.25, 0.3) is 0 Å². The van der Waals surface area contributed by atoms with Crippen molar-refractivity contribution in [2.24, 2.45) is 56.5 Å². The summed E-state index contributed by atoms with van der Waals surface area (Å²) in [6.45, 7) is 31.6. The second kappa shape index (κ2) is 33.8. The summed E-state index contributed by atoms with van der Waals surface area (Å²) < 4.78 is 9.21. The van der Waals surface area contributed by atoms with Crippen LogP contribution >= 0.6 is 107 Å². The summed E-state index contributed by atoms with van der Waals surface area (Å²) in [7, 11) is 0. The van der Waals surface area contributed by atoms with E-state index in [1.54, 1.807) is 6.92 Å². The van der Waals surface area contributed by atoms with Crippen LogP contribution in [0, 0.1) is 50.7 Å². The third kappa shape index (κ3) is 16.2. The molecule has 2 saturated heterocycles. The number of fused-ring (bicyclic) bond motifs is 8. The van der Waals surface area contributed by atoms with Gasteiger partial charge in [-0.3, -0.25) is 19.2 Å². The van der Waals surface area contributed by atoms with Crippen LogP contribution in [0.3, 0.4) is 0 Å². The minimum Gasteiger partial charge on any atom is -0.480 e. The molecule has 0 amide bonds. The molecular formula is C63H104Br6ClN3O9. The van der Waals surface area contributed by atoms with Gasteiger partial charge in [0.15, 0.2) is 17.3 Å². The Morgan fingerprint density at radius 3 is 1.34 bits per heavy atom. The van der Waals surface area contributed by atoms with Gasteiger partial charge < -0.3 is 35.2 Å². The smallest absolute Gasteiger partial charge is 0.403 e. The van der Waals surface area contributed by atoms with E-state index < -0.39 is 22.4 Å². The van der Waals surface area contributed by atoms with Crippen LogP contribution in [0.4, 0.5) is 4.79 Å². The Hall–Kier alpha value is 0.0800. The predicted octanol–water partition coefficient (Wildman–Crippen LogP) is 16.5. The van der Waals surface area contributed by atoms with Crippen molar-refractivity contribution in [2.45, 2.75) is 220 Å². The van der Waals surface area contributed by atoms with E-state index in [1.165, 1.54) is 69.2 Å². The SMILES string of the molecule is BrCCCCBr.BrCCCCCBr.BrCCOCCBr.C=C1CCCN1C12CCC(CC1=O)C2(C)C.C=C1CCCN1C12CCC(CC1O)C2(C)C.CC1(C)C2CCC1(C(=O)O)C(=O)C2.CC1(C)C2CCC1(N)C(=O)C2.CCOC(=O)Cl. The number of carbonyl (C=O) groups excluding carboxylic acids is 4. The average molecular weight is 1560 g/mol. The molecular weight excluding hydrogens is 1460 g/mol. The van der Waals surface area contributed by atoms with Gasteiger partial charge in [0.25, 0.3) is 0 Å². The van der Waals surface area contributed by atoms with Gasteiger partial charge in [-0.1, -0.05) is 171 Å². The maximum absolute atomic E-state index is 12.4. The topological polar surface area (TPSA) is 177 Å². The molecule has 0 spiro atoms. The number of unbranched alkanes of at least 4 members (excludes halogenated alkanes) is 3. The zero-order valence-electron chi connectivity index (χ0n) is 51.3. The molecule has 8 aliphatic carbocycles. The molecule has 9 unspecified atom stereocenters. The van der Waals surface area contributed by atoms with Crippen molar-refractivity contribution >= 4 is 136 Å². The molecule has 0 aromatic heterocycles. The molecule has 12 nitrogen and oxygen atoms in total. The number of alkyl halides is 6. The van der Waals surface area contributed by atoms with Crippen LogP contribution in [-0.4, -0.2) is 136 Å². The van der Waals surface area contributed by atoms with Crippen molar-refractivity contribution in [3.63, 3.8) is 0 Å². The zero-order chi connectivity index (χ0) is 62.1. The Labute approximate surface area is 550 Å². The second-order valence-electron chi connectivity index (χ2n) is 26.3. The third-order valence-electron chi connectivity index (χ3n) is 21.5. The summed E-state index contributed by atoms with van der Waals surface area (Å²) in [5.41, 5.74) is 6.20. The summed E-state index contributed by atoms with van der Waals surface area (Å²) in [5, 5.41) is 26.1. The van der Waals surface area contributed by atoms with Gasteiger partial charge >= 0.3 is 11.4 Å². The quantitative estimate of drug-likeness (QED) is 0.0613. The number of aliphatic hydroxyl groups is 1. The van der Waals surface area contributed by atoms with Gasteiger partial charge in [0.1, 0.15) is 11.0 Å². The number of aliphatic carboxylic acids is 1. The van der Waals surface area contributed by atoms with Crippen LogP contribution in [0.1, 0.15) is 197 Å². The minimum atomic E-state index is -1.06. The number of ketones is 3. The fourth-order valence-corrected chi connectivity index (χ4v) is 18.2. The maximum atomic E-state index is 12.4. The summed E-state index contributed by atoms with van der Waals surface area (Å²) in [5.74, 6) is 1.96. The van der Waals surface area contributed by atoms with E-state index in [2.05, 4.69) is 165 Å². The van der Waals surface area contributed by atoms with Gasteiger partial charge in [-0.15, -0.1) is 0 Å². The summed E-state index contributed by atoms with van der Waals surface area (Å²) >= 11 is 24.6. The van der Waals surface area contributed by atoms with Crippen molar-refractivity contribution < 1.29 is 43.7 Å².